The van der Waals surface area contributed by atoms with Crippen LogP contribution in [0.2, 0.25) is 0 Å². The molecule has 0 saturated heterocycles. The lowest BCUT2D eigenvalue weighted by molar-refractivity contribution is -0.384. The van der Waals surface area contributed by atoms with Gasteiger partial charge < -0.3 is 15.4 Å². The van der Waals surface area contributed by atoms with E-state index in [2.05, 4.69) is 10.6 Å². The summed E-state index contributed by atoms with van der Waals surface area (Å²) in [4.78, 5) is 22.0. The number of rotatable bonds is 4. The maximum atomic E-state index is 11.6. The first-order chi connectivity index (χ1) is 9.19. The van der Waals surface area contributed by atoms with Gasteiger partial charge in [-0.15, -0.1) is 0 Å². The number of anilines is 1. The van der Waals surface area contributed by atoms with Crippen molar-refractivity contribution in [2.75, 3.05) is 5.32 Å². The summed E-state index contributed by atoms with van der Waals surface area (Å²) < 4.78 is 5.10. The van der Waals surface area contributed by atoms with Crippen LogP contribution >= 0.6 is 0 Å². The summed E-state index contributed by atoms with van der Waals surface area (Å²) in [5.74, 6) is 0. The third-order valence-corrected chi connectivity index (χ3v) is 2.21. The lowest BCUT2D eigenvalue weighted by Crippen LogP contribution is -2.41. The average Bonchev–Trinajstić information content (AvgIpc) is 2.26. The number of alkyl carbamates (subject to hydrolysis) is 1. The number of hydrogen-bond acceptors (Lipinski definition) is 5. The second-order valence-electron chi connectivity index (χ2n) is 5.29. The second kappa shape index (κ2) is 6.23. The van der Waals surface area contributed by atoms with E-state index >= 15 is 0 Å². The highest BCUT2D eigenvalue weighted by atomic mass is 16.6. The van der Waals surface area contributed by atoms with Gasteiger partial charge in [0.15, 0.2) is 0 Å². The molecule has 1 aromatic rings. The Kier molecular flexibility index (Phi) is 4.90. The summed E-state index contributed by atoms with van der Waals surface area (Å²) in [6.07, 6.45) is -1.10. The lowest BCUT2D eigenvalue weighted by Gasteiger charge is -2.22. The van der Waals surface area contributed by atoms with Crippen molar-refractivity contribution < 1.29 is 14.5 Å². The number of carbonyl (C=O) groups excluding carboxylic acids is 1. The minimum absolute atomic E-state index is 0.0506. The molecular weight excluding hydrogens is 262 g/mol. The van der Waals surface area contributed by atoms with Crippen LogP contribution in [0.3, 0.4) is 0 Å². The van der Waals surface area contributed by atoms with Crippen molar-refractivity contribution in [2.45, 2.75) is 39.5 Å². The van der Waals surface area contributed by atoms with E-state index in [-0.39, 0.29) is 5.69 Å². The van der Waals surface area contributed by atoms with E-state index < -0.39 is 22.8 Å². The van der Waals surface area contributed by atoms with E-state index in [1.807, 2.05) is 0 Å². The molecule has 0 aromatic heterocycles. The molecule has 0 radical (unpaired) electrons. The minimum Gasteiger partial charge on any atom is -0.444 e. The van der Waals surface area contributed by atoms with E-state index in [1.54, 1.807) is 45.9 Å². The van der Waals surface area contributed by atoms with Crippen molar-refractivity contribution in [1.29, 1.82) is 0 Å². The normalized spacial score (nSPS) is 12.4. The number of amides is 1. The summed E-state index contributed by atoms with van der Waals surface area (Å²) in [6, 6.07) is 6.22. The fourth-order valence-electron chi connectivity index (χ4n) is 1.51. The fourth-order valence-corrected chi connectivity index (χ4v) is 1.51. The van der Waals surface area contributed by atoms with Crippen molar-refractivity contribution in [3.05, 3.63) is 34.4 Å². The van der Waals surface area contributed by atoms with Gasteiger partial charge in [-0.2, -0.15) is 0 Å². The molecule has 7 heteroatoms. The number of benzene rings is 1. The van der Waals surface area contributed by atoms with Crippen LogP contribution in [0.1, 0.15) is 27.7 Å². The Labute approximate surface area is 117 Å². The molecule has 110 valence electrons. The Morgan fingerprint density at radius 1 is 1.35 bits per heavy atom. The molecule has 0 aliphatic heterocycles. The van der Waals surface area contributed by atoms with Gasteiger partial charge in [0, 0.05) is 6.07 Å². The lowest BCUT2D eigenvalue weighted by atomic mass is 10.2. The number of nitrogens with zero attached hydrogens (tertiary/aromatic N) is 1. The van der Waals surface area contributed by atoms with Crippen LogP contribution in [0.5, 0.6) is 0 Å². The molecule has 0 spiro atoms. The van der Waals surface area contributed by atoms with Gasteiger partial charge in [-0.1, -0.05) is 12.1 Å². The Morgan fingerprint density at radius 3 is 2.50 bits per heavy atom. The Balaban J connectivity index is 2.65. The molecule has 0 bridgehead atoms. The highest BCUT2D eigenvalue weighted by Crippen LogP contribution is 2.23. The molecule has 20 heavy (non-hydrogen) atoms. The SMILES string of the molecule is CC(NC(=O)OC(C)(C)C)Nc1ccccc1[N+](=O)[O-]. The molecule has 0 fully saturated rings. The fraction of sp³-hybridized carbons (Fsp3) is 0.462. The summed E-state index contributed by atoms with van der Waals surface area (Å²) in [5, 5.41) is 16.3. The zero-order chi connectivity index (χ0) is 15.3. The van der Waals surface area contributed by atoms with Crippen LogP contribution in [-0.4, -0.2) is 22.8 Å². The van der Waals surface area contributed by atoms with Gasteiger partial charge in [0.1, 0.15) is 11.3 Å². The minimum atomic E-state index is -0.595. The van der Waals surface area contributed by atoms with Crippen LogP contribution < -0.4 is 10.6 Å². The van der Waals surface area contributed by atoms with Gasteiger partial charge in [0.2, 0.25) is 0 Å². The molecular formula is C13H19N3O4. The van der Waals surface area contributed by atoms with Gasteiger partial charge in [0.05, 0.1) is 11.1 Å². The van der Waals surface area contributed by atoms with Crippen molar-refractivity contribution in [3.63, 3.8) is 0 Å². The third kappa shape index (κ3) is 5.13. The molecule has 1 unspecified atom stereocenters. The first-order valence-corrected chi connectivity index (χ1v) is 6.18. The smallest absolute Gasteiger partial charge is 0.409 e. The van der Waals surface area contributed by atoms with Crippen LogP contribution in [0, 0.1) is 10.1 Å². The summed E-state index contributed by atoms with van der Waals surface area (Å²) >= 11 is 0. The van der Waals surface area contributed by atoms with Gasteiger partial charge in [-0.25, -0.2) is 4.79 Å². The number of carbonyl (C=O) groups is 1. The highest BCUT2D eigenvalue weighted by Gasteiger charge is 2.19. The van der Waals surface area contributed by atoms with Crippen LogP contribution in [0.25, 0.3) is 0 Å². The van der Waals surface area contributed by atoms with Crippen LogP contribution in [0.4, 0.5) is 16.2 Å². The molecule has 1 rings (SSSR count). The second-order valence-corrected chi connectivity index (χ2v) is 5.29. The predicted octanol–water partition coefficient (Wildman–Crippen LogP) is 2.88. The maximum Gasteiger partial charge on any atom is 0.409 e. The number of nitro benzene ring substituents is 1. The summed E-state index contributed by atoms with van der Waals surface area (Å²) in [6.45, 7) is 6.94. The van der Waals surface area contributed by atoms with Crippen molar-refractivity contribution >= 4 is 17.5 Å². The molecule has 7 nitrogen and oxygen atoms in total. The van der Waals surface area contributed by atoms with E-state index in [1.165, 1.54) is 6.07 Å². The van der Waals surface area contributed by atoms with E-state index in [0.29, 0.717) is 5.69 Å². The molecule has 0 aliphatic rings. The molecule has 2 N–H and O–H groups in total. The van der Waals surface area contributed by atoms with E-state index in [9.17, 15) is 14.9 Å². The van der Waals surface area contributed by atoms with Gasteiger partial charge in [-0.05, 0) is 33.8 Å². The van der Waals surface area contributed by atoms with E-state index in [0.717, 1.165) is 0 Å². The van der Waals surface area contributed by atoms with Crippen LogP contribution in [0.15, 0.2) is 24.3 Å². The third-order valence-electron chi connectivity index (χ3n) is 2.21. The molecule has 1 aromatic carbocycles. The molecule has 0 saturated carbocycles. The first-order valence-electron chi connectivity index (χ1n) is 6.18. The largest absolute Gasteiger partial charge is 0.444 e. The van der Waals surface area contributed by atoms with Gasteiger partial charge in [0.25, 0.3) is 5.69 Å². The quantitative estimate of drug-likeness (QED) is 0.503. The van der Waals surface area contributed by atoms with Gasteiger partial charge in [-0.3, -0.25) is 10.1 Å². The average molecular weight is 281 g/mol. The van der Waals surface area contributed by atoms with Crippen molar-refractivity contribution in [2.24, 2.45) is 0 Å². The maximum absolute atomic E-state index is 11.6. The van der Waals surface area contributed by atoms with Crippen LogP contribution in [-0.2, 0) is 4.74 Å². The highest BCUT2D eigenvalue weighted by molar-refractivity contribution is 5.69. The van der Waals surface area contributed by atoms with Crippen molar-refractivity contribution in [3.8, 4) is 0 Å². The molecule has 1 atom stereocenters. The molecule has 1 amide bonds. The first kappa shape index (κ1) is 15.7. The van der Waals surface area contributed by atoms with E-state index in [4.69, 9.17) is 4.74 Å². The Morgan fingerprint density at radius 2 is 1.95 bits per heavy atom. The topological polar surface area (TPSA) is 93.5 Å². The summed E-state index contributed by atoms with van der Waals surface area (Å²) in [5.41, 5.74) is -0.311. The number of ether oxygens (including phenoxy) is 1. The van der Waals surface area contributed by atoms with Gasteiger partial charge >= 0.3 is 6.09 Å². The Hall–Kier alpha value is -2.31. The number of nitrogens with one attached hydrogen (secondary N) is 2. The Bertz CT molecular complexity index is 497. The van der Waals surface area contributed by atoms with Crippen molar-refractivity contribution in [1.82, 2.24) is 5.32 Å². The monoisotopic (exact) mass is 281 g/mol. The molecule has 0 aliphatic carbocycles. The number of hydrogen-bond donors (Lipinski definition) is 2. The zero-order valence-electron chi connectivity index (χ0n) is 12.0. The predicted molar refractivity (Wildman–Crippen MR) is 75.6 cm³/mol. The summed E-state index contributed by atoms with van der Waals surface area (Å²) in [7, 11) is 0. The zero-order valence-corrected chi connectivity index (χ0v) is 12.0. The number of para-hydroxylation sites is 2. The molecule has 0 heterocycles. The number of nitro groups is 1. The standard InChI is InChI=1S/C13H19N3O4/c1-9(15-12(17)20-13(2,3)4)14-10-7-5-6-8-11(10)16(18)19/h5-9,14H,1-4H3,(H,15,17).